The number of para-hydroxylation sites is 1. The molecule has 0 spiro atoms. The number of hydrogen-bond acceptors (Lipinski definition) is 3. The Bertz CT molecular complexity index is 877. The summed E-state index contributed by atoms with van der Waals surface area (Å²) >= 11 is 0. The van der Waals surface area contributed by atoms with Crippen LogP contribution in [0.3, 0.4) is 0 Å². The van der Waals surface area contributed by atoms with Crippen LogP contribution in [0, 0.1) is 0 Å². The molecule has 5 rings (SSSR count). The molecular formula is C21H26N4O. The number of aromatic nitrogens is 3. The molecule has 0 unspecified atom stereocenters. The number of likely N-dealkylation sites (tertiary alicyclic amines) is 1. The molecule has 5 heteroatoms. The highest BCUT2D eigenvalue weighted by molar-refractivity contribution is 5.83. The lowest BCUT2D eigenvalue weighted by atomic mass is 9.98. The van der Waals surface area contributed by atoms with E-state index in [-0.39, 0.29) is 0 Å². The molecule has 26 heavy (non-hydrogen) atoms. The van der Waals surface area contributed by atoms with E-state index in [4.69, 9.17) is 4.74 Å². The lowest BCUT2D eigenvalue weighted by molar-refractivity contribution is 0.0647. The summed E-state index contributed by atoms with van der Waals surface area (Å²) in [4.78, 5) is 6.02. The van der Waals surface area contributed by atoms with Crippen molar-refractivity contribution in [1.82, 2.24) is 19.7 Å². The predicted octanol–water partition coefficient (Wildman–Crippen LogP) is 3.71. The summed E-state index contributed by atoms with van der Waals surface area (Å²) in [5.41, 5.74) is 4.07. The van der Waals surface area contributed by atoms with Crippen LogP contribution in [0.4, 0.5) is 0 Å². The van der Waals surface area contributed by atoms with Crippen molar-refractivity contribution in [3.05, 3.63) is 54.0 Å². The van der Waals surface area contributed by atoms with Gasteiger partial charge < -0.3 is 9.72 Å². The van der Waals surface area contributed by atoms with Gasteiger partial charge >= 0.3 is 0 Å². The van der Waals surface area contributed by atoms with E-state index in [1.54, 1.807) is 0 Å². The van der Waals surface area contributed by atoms with Crippen molar-refractivity contribution in [2.45, 2.75) is 37.8 Å². The molecule has 0 bridgehead atoms. The van der Waals surface area contributed by atoms with Crippen LogP contribution >= 0.6 is 0 Å². The van der Waals surface area contributed by atoms with Crippen LogP contribution in [0.25, 0.3) is 10.9 Å². The Kier molecular flexibility index (Phi) is 4.27. The molecule has 2 aliphatic heterocycles. The molecule has 0 radical (unpaired) electrons. The molecule has 0 saturated carbocycles. The third-order valence-corrected chi connectivity index (χ3v) is 6.01. The number of H-pyrrole nitrogens is 1. The van der Waals surface area contributed by atoms with Crippen LogP contribution in [-0.2, 0) is 11.3 Å². The fourth-order valence-electron chi connectivity index (χ4n) is 4.62. The maximum Gasteiger partial charge on any atom is 0.0566 e. The molecule has 2 aromatic heterocycles. The van der Waals surface area contributed by atoms with E-state index in [2.05, 4.69) is 56.2 Å². The van der Waals surface area contributed by atoms with Crippen molar-refractivity contribution in [3.8, 4) is 0 Å². The lowest BCUT2D eigenvalue weighted by Crippen LogP contribution is -2.26. The van der Waals surface area contributed by atoms with Gasteiger partial charge in [-0.1, -0.05) is 18.2 Å². The first-order chi connectivity index (χ1) is 12.9. The number of nitrogens with one attached hydrogen (secondary N) is 1. The monoisotopic (exact) mass is 350 g/mol. The number of benzene rings is 1. The van der Waals surface area contributed by atoms with Gasteiger partial charge in [-0.05, 0) is 49.4 Å². The average molecular weight is 350 g/mol. The second-order valence-electron chi connectivity index (χ2n) is 7.62. The molecule has 3 aromatic rings. The number of fused-ring (bicyclic) bond motifs is 1. The molecule has 2 saturated heterocycles. The zero-order chi connectivity index (χ0) is 17.3. The highest BCUT2D eigenvalue weighted by Gasteiger charge is 2.27. The van der Waals surface area contributed by atoms with Gasteiger partial charge in [-0.3, -0.25) is 9.58 Å². The van der Waals surface area contributed by atoms with Crippen LogP contribution in [0.2, 0.25) is 0 Å². The van der Waals surface area contributed by atoms with Gasteiger partial charge in [0.25, 0.3) is 0 Å². The molecule has 0 amide bonds. The van der Waals surface area contributed by atoms with Crippen LogP contribution in [-0.4, -0.2) is 46.0 Å². The largest absolute Gasteiger partial charge is 0.381 e. The van der Waals surface area contributed by atoms with E-state index in [0.29, 0.717) is 12.0 Å². The maximum atomic E-state index is 5.51. The van der Waals surface area contributed by atoms with Crippen molar-refractivity contribution in [2.24, 2.45) is 0 Å². The standard InChI is InChI=1S/C21H26N4O/c1-2-4-21-19(3-1)20(13-22-21)16-6-10-24(14-16)15-18-5-9-23-25(18)17-7-11-26-12-8-17/h1-5,9,13,16-17,22H,6-8,10-12,14-15H2/t16-/m0/s1. The average Bonchev–Trinajstić information content (AvgIpc) is 3.42. The van der Waals surface area contributed by atoms with Crippen molar-refractivity contribution in [2.75, 3.05) is 26.3 Å². The number of hydrogen-bond donors (Lipinski definition) is 1. The SMILES string of the molecule is c1ccc2c([C@H]3CCN(Cc4ccnn4C4CCOCC4)C3)c[nH]c2c1. The first kappa shape index (κ1) is 16.1. The van der Waals surface area contributed by atoms with Gasteiger partial charge in [0.15, 0.2) is 0 Å². The number of nitrogens with zero attached hydrogens (tertiary/aromatic N) is 3. The third-order valence-electron chi connectivity index (χ3n) is 6.01. The first-order valence-electron chi connectivity index (χ1n) is 9.77. The predicted molar refractivity (Wildman–Crippen MR) is 102 cm³/mol. The first-order valence-corrected chi connectivity index (χ1v) is 9.77. The topological polar surface area (TPSA) is 46.1 Å². The zero-order valence-electron chi connectivity index (χ0n) is 15.1. The molecule has 1 atom stereocenters. The van der Waals surface area contributed by atoms with E-state index < -0.39 is 0 Å². The third kappa shape index (κ3) is 2.95. The lowest BCUT2D eigenvalue weighted by Gasteiger charge is -2.25. The molecular weight excluding hydrogens is 324 g/mol. The van der Waals surface area contributed by atoms with Gasteiger partial charge in [0.1, 0.15) is 0 Å². The van der Waals surface area contributed by atoms with Crippen molar-refractivity contribution in [1.29, 1.82) is 0 Å². The smallest absolute Gasteiger partial charge is 0.0566 e. The van der Waals surface area contributed by atoms with Crippen molar-refractivity contribution >= 4 is 10.9 Å². The Labute approximate surface area is 153 Å². The van der Waals surface area contributed by atoms with Gasteiger partial charge in [0.05, 0.1) is 11.7 Å². The minimum atomic E-state index is 0.501. The van der Waals surface area contributed by atoms with Crippen molar-refractivity contribution in [3.63, 3.8) is 0 Å². The summed E-state index contributed by atoms with van der Waals surface area (Å²) in [6, 6.07) is 11.3. The fraction of sp³-hybridized carbons (Fsp3) is 0.476. The molecule has 2 fully saturated rings. The van der Waals surface area contributed by atoms with E-state index in [9.17, 15) is 0 Å². The number of rotatable bonds is 4. The Hall–Kier alpha value is -2.11. The quantitative estimate of drug-likeness (QED) is 0.780. The fourth-order valence-corrected chi connectivity index (χ4v) is 4.62. The number of ether oxygens (including phenoxy) is 1. The van der Waals surface area contributed by atoms with Crippen LogP contribution in [0.1, 0.15) is 42.5 Å². The molecule has 2 aliphatic rings. The van der Waals surface area contributed by atoms with Gasteiger partial charge in [-0.15, -0.1) is 0 Å². The minimum Gasteiger partial charge on any atom is -0.381 e. The van der Waals surface area contributed by atoms with Crippen LogP contribution in [0.15, 0.2) is 42.7 Å². The number of aromatic amines is 1. The normalized spacial score (nSPS) is 22.4. The Morgan fingerprint density at radius 3 is 2.92 bits per heavy atom. The Balaban J connectivity index is 1.29. The molecule has 1 aromatic carbocycles. The van der Waals surface area contributed by atoms with E-state index in [0.717, 1.165) is 45.7 Å². The summed E-state index contributed by atoms with van der Waals surface area (Å²) < 4.78 is 7.76. The highest BCUT2D eigenvalue weighted by Crippen LogP contribution is 2.33. The van der Waals surface area contributed by atoms with E-state index >= 15 is 0 Å². The summed E-state index contributed by atoms with van der Waals surface area (Å²) in [7, 11) is 0. The summed E-state index contributed by atoms with van der Waals surface area (Å²) in [6.07, 6.45) is 7.55. The van der Waals surface area contributed by atoms with Gasteiger partial charge in [-0.25, -0.2) is 0 Å². The summed E-state index contributed by atoms with van der Waals surface area (Å²) in [5.74, 6) is 0.616. The zero-order valence-corrected chi connectivity index (χ0v) is 15.1. The molecule has 1 N–H and O–H groups in total. The van der Waals surface area contributed by atoms with Crippen LogP contribution in [0.5, 0.6) is 0 Å². The highest BCUT2D eigenvalue weighted by atomic mass is 16.5. The minimum absolute atomic E-state index is 0.501. The summed E-state index contributed by atoms with van der Waals surface area (Å²) in [6.45, 7) is 4.99. The Morgan fingerprint density at radius 2 is 2.00 bits per heavy atom. The van der Waals surface area contributed by atoms with Crippen molar-refractivity contribution < 1.29 is 4.74 Å². The van der Waals surface area contributed by atoms with Gasteiger partial charge in [-0.2, -0.15) is 5.10 Å². The van der Waals surface area contributed by atoms with E-state index in [1.165, 1.54) is 28.6 Å². The molecule has 4 heterocycles. The van der Waals surface area contributed by atoms with Gasteiger partial charge in [0.2, 0.25) is 0 Å². The Morgan fingerprint density at radius 1 is 1.12 bits per heavy atom. The second-order valence-corrected chi connectivity index (χ2v) is 7.62. The molecule has 136 valence electrons. The van der Waals surface area contributed by atoms with E-state index in [1.807, 2.05) is 6.20 Å². The van der Waals surface area contributed by atoms with Crippen LogP contribution < -0.4 is 0 Å². The molecule has 5 nitrogen and oxygen atoms in total. The van der Waals surface area contributed by atoms with Gasteiger partial charge in [0, 0.05) is 49.6 Å². The second kappa shape index (κ2) is 6.89. The summed E-state index contributed by atoms with van der Waals surface area (Å²) in [5, 5.41) is 6.00. The molecule has 0 aliphatic carbocycles. The maximum absolute atomic E-state index is 5.51.